The predicted octanol–water partition coefficient (Wildman–Crippen LogP) is 2.34. The van der Waals surface area contributed by atoms with Crippen LogP contribution in [-0.4, -0.2) is 48.6 Å². The Kier molecular flexibility index (Phi) is 8.74. The first-order valence-corrected chi connectivity index (χ1v) is 7.76. The molecule has 0 aromatic heterocycles. The molecule has 0 aliphatic heterocycles. The Bertz CT molecular complexity index is 327. The van der Waals surface area contributed by atoms with Gasteiger partial charge in [0, 0.05) is 18.6 Å². The summed E-state index contributed by atoms with van der Waals surface area (Å²) in [5, 5.41) is 3.11. The number of carbonyl (C=O) groups is 2. The van der Waals surface area contributed by atoms with Crippen LogP contribution in [0.25, 0.3) is 0 Å². The van der Waals surface area contributed by atoms with Crippen LogP contribution in [0.1, 0.15) is 60.3 Å². The van der Waals surface area contributed by atoms with Gasteiger partial charge in [0.25, 0.3) is 0 Å². The molecular formula is C16H32N2O3. The standard InChI is InChI=1S/C16H32N2O3/c1-7-8-14(20)18(13-19)15(2,3)10-12-21-16(4,5)9-11-17-6/h13,17H,7-12H2,1-6H3. The van der Waals surface area contributed by atoms with E-state index in [4.69, 9.17) is 4.74 Å². The van der Waals surface area contributed by atoms with Gasteiger partial charge in [-0.25, -0.2) is 0 Å². The minimum absolute atomic E-state index is 0.119. The van der Waals surface area contributed by atoms with E-state index in [-0.39, 0.29) is 11.5 Å². The van der Waals surface area contributed by atoms with Crippen molar-refractivity contribution in [3.05, 3.63) is 0 Å². The molecule has 0 saturated heterocycles. The van der Waals surface area contributed by atoms with E-state index in [1.54, 1.807) is 0 Å². The van der Waals surface area contributed by atoms with E-state index in [9.17, 15) is 9.59 Å². The van der Waals surface area contributed by atoms with Gasteiger partial charge in [-0.05, 0) is 60.5 Å². The molecule has 5 nitrogen and oxygen atoms in total. The van der Waals surface area contributed by atoms with Gasteiger partial charge in [0.05, 0.1) is 5.60 Å². The first-order chi connectivity index (χ1) is 9.70. The SMILES string of the molecule is CCCC(=O)N(C=O)C(C)(C)CCOC(C)(C)CCNC. The number of hydrogen-bond acceptors (Lipinski definition) is 4. The second-order valence-corrected chi connectivity index (χ2v) is 6.64. The number of amides is 2. The molecular weight excluding hydrogens is 268 g/mol. The monoisotopic (exact) mass is 300 g/mol. The number of hydrogen-bond donors (Lipinski definition) is 1. The van der Waals surface area contributed by atoms with Crippen molar-refractivity contribution in [2.45, 2.75) is 71.4 Å². The molecule has 0 heterocycles. The van der Waals surface area contributed by atoms with E-state index >= 15 is 0 Å². The van der Waals surface area contributed by atoms with Gasteiger partial charge >= 0.3 is 0 Å². The minimum atomic E-state index is -0.521. The van der Waals surface area contributed by atoms with Gasteiger partial charge in [0.2, 0.25) is 12.3 Å². The van der Waals surface area contributed by atoms with E-state index in [2.05, 4.69) is 19.2 Å². The quantitative estimate of drug-likeness (QED) is 0.595. The summed E-state index contributed by atoms with van der Waals surface area (Å²) in [5.41, 5.74) is -0.731. The van der Waals surface area contributed by atoms with Gasteiger partial charge in [-0.1, -0.05) is 6.92 Å². The van der Waals surface area contributed by atoms with Crippen molar-refractivity contribution in [3.63, 3.8) is 0 Å². The summed E-state index contributed by atoms with van der Waals surface area (Å²) in [6.45, 7) is 11.3. The fourth-order valence-electron chi connectivity index (χ4n) is 2.07. The van der Waals surface area contributed by atoms with Gasteiger partial charge in [0.1, 0.15) is 0 Å². The number of nitrogens with one attached hydrogen (secondary N) is 1. The predicted molar refractivity (Wildman–Crippen MR) is 85.1 cm³/mol. The summed E-state index contributed by atoms with van der Waals surface area (Å²) < 4.78 is 5.91. The van der Waals surface area contributed by atoms with Crippen molar-refractivity contribution in [2.24, 2.45) is 0 Å². The molecule has 124 valence electrons. The molecule has 0 fully saturated rings. The van der Waals surface area contributed by atoms with Crippen LogP contribution < -0.4 is 5.32 Å². The molecule has 0 aliphatic rings. The summed E-state index contributed by atoms with van der Waals surface area (Å²) in [6.07, 6.45) is 3.33. The molecule has 0 aromatic rings. The van der Waals surface area contributed by atoms with Gasteiger partial charge in [-0.15, -0.1) is 0 Å². The summed E-state index contributed by atoms with van der Waals surface area (Å²) in [7, 11) is 1.92. The van der Waals surface area contributed by atoms with Crippen LogP contribution in [0.3, 0.4) is 0 Å². The Hall–Kier alpha value is -0.940. The van der Waals surface area contributed by atoms with Crippen LogP contribution in [0, 0.1) is 0 Å². The van der Waals surface area contributed by atoms with Crippen molar-refractivity contribution in [3.8, 4) is 0 Å². The van der Waals surface area contributed by atoms with E-state index < -0.39 is 5.54 Å². The van der Waals surface area contributed by atoms with E-state index in [1.807, 2.05) is 27.8 Å². The maximum atomic E-state index is 12.0. The van der Waals surface area contributed by atoms with Gasteiger partial charge < -0.3 is 10.1 Å². The lowest BCUT2D eigenvalue weighted by Crippen LogP contribution is -2.48. The normalized spacial score (nSPS) is 12.3. The van der Waals surface area contributed by atoms with Crippen molar-refractivity contribution >= 4 is 12.3 Å². The van der Waals surface area contributed by atoms with Gasteiger partial charge in [-0.2, -0.15) is 0 Å². The molecule has 0 aromatic carbocycles. The first-order valence-electron chi connectivity index (χ1n) is 7.76. The van der Waals surface area contributed by atoms with Crippen molar-refractivity contribution in [2.75, 3.05) is 20.2 Å². The third kappa shape index (κ3) is 7.58. The minimum Gasteiger partial charge on any atom is -0.375 e. The zero-order valence-corrected chi connectivity index (χ0v) is 14.5. The fraction of sp³-hybridized carbons (Fsp3) is 0.875. The van der Waals surface area contributed by atoms with Crippen molar-refractivity contribution < 1.29 is 14.3 Å². The molecule has 0 saturated carbocycles. The molecule has 1 N–H and O–H groups in total. The van der Waals surface area contributed by atoms with Crippen molar-refractivity contribution in [1.29, 1.82) is 0 Å². The third-order valence-electron chi connectivity index (χ3n) is 3.67. The molecule has 0 atom stereocenters. The number of nitrogens with zero attached hydrogens (tertiary/aromatic N) is 1. The highest BCUT2D eigenvalue weighted by Crippen LogP contribution is 2.21. The molecule has 0 radical (unpaired) electrons. The Morgan fingerprint density at radius 1 is 1.24 bits per heavy atom. The topological polar surface area (TPSA) is 58.6 Å². The molecule has 21 heavy (non-hydrogen) atoms. The Balaban J connectivity index is 4.45. The summed E-state index contributed by atoms with van der Waals surface area (Å²) in [4.78, 5) is 24.5. The Morgan fingerprint density at radius 3 is 2.33 bits per heavy atom. The Morgan fingerprint density at radius 2 is 1.86 bits per heavy atom. The second-order valence-electron chi connectivity index (χ2n) is 6.64. The van der Waals surface area contributed by atoms with Crippen LogP contribution in [0.15, 0.2) is 0 Å². The molecule has 0 unspecified atom stereocenters. The largest absolute Gasteiger partial charge is 0.375 e. The first kappa shape index (κ1) is 20.1. The third-order valence-corrected chi connectivity index (χ3v) is 3.67. The van der Waals surface area contributed by atoms with E-state index in [1.165, 1.54) is 4.90 Å². The summed E-state index contributed by atoms with van der Waals surface area (Å²) in [6, 6.07) is 0. The van der Waals surface area contributed by atoms with Crippen LogP contribution >= 0.6 is 0 Å². The smallest absolute Gasteiger partial charge is 0.229 e. The molecule has 0 rings (SSSR count). The highest BCUT2D eigenvalue weighted by molar-refractivity contribution is 5.87. The summed E-state index contributed by atoms with van der Waals surface area (Å²) >= 11 is 0. The lowest BCUT2D eigenvalue weighted by atomic mass is 9.98. The zero-order valence-electron chi connectivity index (χ0n) is 14.5. The number of carbonyl (C=O) groups excluding carboxylic acids is 2. The van der Waals surface area contributed by atoms with Gasteiger partial charge in [0.15, 0.2) is 0 Å². The molecule has 0 aliphatic carbocycles. The average molecular weight is 300 g/mol. The van der Waals surface area contributed by atoms with Crippen LogP contribution in [-0.2, 0) is 14.3 Å². The van der Waals surface area contributed by atoms with Gasteiger partial charge in [-0.3, -0.25) is 14.5 Å². The summed E-state index contributed by atoms with van der Waals surface area (Å²) in [5.74, 6) is -0.119. The van der Waals surface area contributed by atoms with Crippen molar-refractivity contribution in [1.82, 2.24) is 10.2 Å². The fourth-order valence-corrected chi connectivity index (χ4v) is 2.07. The highest BCUT2D eigenvalue weighted by Gasteiger charge is 2.30. The molecule has 0 spiro atoms. The van der Waals surface area contributed by atoms with E-state index in [0.717, 1.165) is 19.4 Å². The highest BCUT2D eigenvalue weighted by atomic mass is 16.5. The van der Waals surface area contributed by atoms with Crippen LogP contribution in [0.2, 0.25) is 0 Å². The maximum absolute atomic E-state index is 12.0. The lowest BCUT2D eigenvalue weighted by molar-refractivity contribution is -0.145. The molecule has 0 bridgehead atoms. The zero-order chi connectivity index (χ0) is 16.5. The Labute approximate surface area is 129 Å². The van der Waals surface area contributed by atoms with Crippen LogP contribution in [0.4, 0.5) is 0 Å². The average Bonchev–Trinajstić information content (AvgIpc) is 2.36. The molecule has 2 amide bonds. The molecule has 5 heteroatoms. The number of imide groups is 1. The number of ether oxygens (including phenoxy) is 1. The lowest BCUT2D eigenvalue weighted by Gasteiger charge is -2.35. The second kappa shape index (κ2) is 9.15. The van der Waals surface area contributed by atoms with E-state index in [0.29, 0.717) is 25.9 Å². The van der Waals surface area contributed by atoms with Crippen LogP contribution in [0.5, 0.6) is 0 Å². The number of rotatable bonds is 11. The maximum Gasteiger partial charge on any atom is 0.229 e.